The highest BCUT2D eigenvalue weighted by atomic mass is 15.1. The molecule has 1 nitrogen and oxygen atoms in total. The summed E-state index contributed by atoms with van der Waals surface area (Å²) in [6, 6.07) is 79.8. The van der Waals surface area contributed by atoms with Gasteiger partial charge in [-0.1, -0.05) is 210 Å². The van der Waals surface area contributed by atoms with Gasteiger partial charge in [0.05, 0.1) is 11.1 Å². The van der Waals surface area contributed by atoms with Gasteiger partial charge in [-0.05, 0) is 108 Å². The number of hydrogen-bond donors (Lipinski definition) is 0. The molecule has 62 heavy (non-hydrogen) atoms. The summed E-state index contributed by atoms with van der Waals surface area (Å²) < 4.78 is 0. The van der Waals surface area contributed by atoms with Crippen LogP contribution in [0.25, 0.3) is 44.5 Å². The SMILES string of the molecule is CC1(C)c2ccccc2-c2ccc(N(c3ccccc3)c3c4c(cc5c3-c3cc(-c6ccccc6)ccc3C5(c3ccccc3)c3ccccc3)C(C)(C)c3ccccc3-4)cc21. The van der Waals surface area contributed by atoms with Gasteiger partial charge in [0.2, 0.25) is 0 Å². The minimum atomic E-state index is -0.596. The Kier molecular flexibility index (Phi) is 7.91. The third kappa shape index (κ3) is 4.97. The number of anilines is 3. The molecule has 0 fully saturated rings. The van der Waals surface area contributed by atoms with Crippen molar-refractivity contribution in [1.82, 2.24) is 0 Å². The van der Waals surface area contributed by atoms with E-state index in [0.29, 0.717) is 0 Å². The molecular weight excluding hydrogens is 747 g/mol. The lowest BCUT2D eigenvalue weighted by Gasteiger charge is -2.36. The molecule has 0 radical (unpaired) electrons. The van der Waals surface area contributed by atoms with Crippen molar-refractivity contribution >= 4 is 17.1 Å². The molecule has 0 N–H and O–H groups in total. The lowest BCUT2D eigenvalue weighted by molar-refractivity contribution is 0.656. The Morgan fingerprint density at radius 3 is 1.48 bits per heavy atom. The first-order valence-electron chi connectivity index (χ1n) is 22.0. The number of rotatable bonds is 6. The lowest BCUT2D eigenvalue weighted by Crippen LogP contribution is -2.29. The molecule has 0 bridgehead atoms. The molecule has 0 spiro atoms. The average Bonchev–Trinajstić information content (AvgIpc) is 3.84. The van der Waals surface area contributed by atoms with E-state index in [0.717, 1.165) is 11.4 Å². The third-order valence-corrected chi connectivity index (χ3v) is 14.5. The number of hydrogen-bond acceptors (Lipinski definition) is 1. The quantitative estimate of drug-likeness (QED) is 0.162. The zero-order valence-electron chi connectivity index (χ0n) is 35.7. The lowest BCUT2D eigenvalue weighted by atomic mass is 9.66. The van der Waals surface area contributed by atoms with Crippen LogP contribution in [0.15, 0.2) is 212 Å². The average molecular weight is 794 g/mol. The first-order chi connectivity index (χ1) is 30.3. The van der Waals surface area contributed by atoms with E-state index in [4.69, 9.17) is 0 Å². The van der Waals surface area contributed by atoms with Gasteiger partial charge in [0.1, 0.15) is 0 Å². The van der Waals surface area contributed by atoms with Crippen molar-refractivity contribution in [3.8, 4) is 44.5 Å². The van der Waals surface area contributed by atoms with Gasteiger partial charge < -0.3 is 4.90 Å². The van der Waals surface area contributed by atoms with Crippen molar-refractivity contribution in [1.29, 1.82) is 0 Å². The fourth-order valence-electron chi connectivity index (χ4n) is 11.6. The maximum absolute atomic E-state index is 2.61. The Bertz CT molecular complexity index is 3170. The van der Waals surface area contributed by atoms with E-state index in [-0.39, 0.29) is 10.8 Å². The Hall–Kier alpha value is -7.22. The molecule has 9 aromatic rings. The van der Waals surface area contributed by atoms with Gasteiger partial charge in [-0.15, -0.1) is 0 Å². The topological polar surface area (TPSA) is 3.24 Å². The molecule has 296 valence electrons. The van der Waals surface area contributed by atoms with Crippen LogP contribution in [0.5, 0.6) is 0 Å². The van der Waals surface area contributed by atoms with E-state index < -0.39 is 5.41 Å². The highest BCUT2D eigenvalue weighted by Crippen LogP contribution is 2.66. The van der Waals surface area contributed by atoms with E-state index in [9.17, 15) is 0 Å². The summed E-state index contributed by atoms with van der Waals surface area (Å²) in [6.07, 6.45) is 0. The molecule has 0 aliphatic heterocycles. The van der Waals surface area contributed by atoms with Crippen molar-refractivity contribution in [2.45, 2.75) is 43.9 Å². The van der Waals surface area contributed by atoms with Gasteiger partial charge in [0, 0.05) is 33.3 Å². The molecule has 0 unspecified atom stereocenters. The smallest absolute Gasteiger partial charge is 0.0714 e. The first-order valence-corrected chi connectivity index (χ1v) is 22.0. The predicted molar refractivity (Wildman–Crippen MR) is 259 cm³/mol. The number of nitrogens with zero attached hydrogens (tertiary/aromatic N) is 1. The van der Waals surface area contributed by atoms with E-state index in [1.165, 1.54) is 94.7 Å². The van der Waals surface area contributed by atoms with Crippen molar-refractivity contribution in [2.75, 3.05) is 4.90 Å². The monoisotopic (exact) mass is 793 g/mol. The zero-order valence-corrected chi connectivity index (χ0v) is 35.7. The molecule has 3 aliphatic rings. The first kappa shape index (κ1) is 36.6. The zero-order chi connectivity index (χ0) is 41.8. The summed E-state index contributed by atoms with van der Waals surface area (Å²) in [5.74, 6) is 0. The van der Waals surface area contributed by atoms with Crippen LogP contribution in [0.4, 0.5) is 17.1 Å². The number of fused-ring (bicyclic) bond motifs is 9. The Labute approximate surface area is 365 Å². The van der Waals surface area contributed by atoms with Gasteiger partial charge in [-0.25, -0.2) is 0 Å². The van der Waals surface area contributed by atoms with E-state index >= 15 is 0 Å². The molecule has 3 aliphatic carbocycles. The molecule has 0 heterocycles. The van der Waals surface area contributed by atoms with Gasteiger partial charge in [0.25, 0.3) is 0 Å². The number of benzene rings is 9. The summed E-state index contributed by atoms with van der Waals surface area (Å²) in [7, 11) is 0. The second-order valence-electron chi connectivity index (χ2n) is 18.4. The highest BCUT2D eigenvalue weighted by Gasteiger charge is 2.51. The van der Waals surface area contributed by atoms with Gasteiger partial charge in [0.15, 0.2) is 0 Å². The van der Waals surface area contributed by atoms with Crippen LogP contribution in [-0.4, -0.2) is 0 Å². The molecule has 1 heteroatoms. The van der Waals surface area contributed by atoms with Crippen molar-refractivity contribution in [3.05, 3.63) is 257 Å². The summed E-state index contributed by atoms with van der Waals surface area (Å²) in [4.78, 5) is 2.61. The van der Waals surface area contributed by atoms with Crippen molar-refractivity contribution in [3.63, 3.8) is 0 Å². The fraction of sp³-hybridized carbons (Fsp3) is 0.115. The third-order valence-electron chi connectivity index (χ3n) is 14.5. The van der Waals surface area contributed by atoms with E-state index in [1.807, 2.05) is 0 Å². The molecule has 0 amide bonds. The van der Waals surface area contributed by atoms with Crippen molar-refractivity contribution in [2.24, 2.45) is 0 Å². The Balaban J connectivity index is 1.28. The molecule has 0 atom stereocenters. The van der Waals surface area contributed by atoms with Crippen LogP contribution in [0.3, 0.4) is 0 Å². The summed E-state index contributed by atoms with van der Waals surface area (Å²) >= 11 is 0. The van der Waals surface area contributed by atoms with Crippen LogP contribution in [0.1, 0.15) is 72.2 Å². The molecule has 0 saturated carbocycles. The second-order valence-corrected chi connectivity index (χ2v) is 18.4. The normalized spacial score (nSPS) is 15.2. The Morgan fingerprint density at radius 1 is 0.306 bits per heavy atom. The Morgan fingerprint density at radius 2 is 0.823 bits per heavy atom. The van der Waals surface area contributed by atoms with Crippen LogP contribution < -0.4 is 4.90 Å². The van der Waals surface area contributed by atoms with Gasteiger partial charge in [-0.2, -0.15) is 0 Å². The summed E-state index contributed by atoms with van der Waals surface area (Å²) in [6.45, 7) is 9.64. The maximum Gasteiger partial charge on any atom is 0.0714 e. The molecular formula is C61H47N. The largest absolute Gasteiger partial charge is 0.309 e. The molecule has 0 aromatic heterocycles. The minimum Gasteiger partial charge on any atom is -0.309 e. The molecule has 9 aromatic carbocycles. The van der Waals surface area contributed by atoms with Crippen LogP contribution >= 0.6 is 0 Å². The molecule has 0 saturated heterocycles. The van der Waals surface area contributed by atoms with Crippen LogP contribution in [-0.2, 0) is 16.2 Å². The number of para-hydroxylation sites is 1. The van der Waals surface area contributed by atoms with Crippen molar-refractivity contribution < 1.29 is 0 Å². The second kappa shape index (κ2) is 13.4. The predicted octanol–water partition coefficient (Wildman–Crippen LogP) is 15.8. The summed E-state index contributed by atoms with van der Waals surface area (Å²) in [5.41, 5.74) is 23.4. The van der Waals surface area contributed by atoms with E-state index in [1.54, 1.807) is 0 Å². The maximum atomic E-state index is 2.61. The van der Waals surface area contributed by atoms with Crippen LogP contribution in [0.2, 0.25) is 0 Å². The summed E-state index contributed by atoms with van der Waals surface area (Å²) in [5, 5.41) is 0. The standard InChI is InChI=1S/C61H47N/c1-59(2)50-31-19-17-29-46(50)47-35-34-45(38-53(47)59)62(44-27-15-8-16-28-44)58-56-48-30-18-20-32-51(48)60(3,4)54(56)39-55-57(58)49-37-41(40-21-9-5-10-22-40)33-36-52(49)61(55,42-23-11-6-12-24-42)43-25-13-7-14-26-43/h5-39H,1-4H3. The fourth-order valence-corrected chi connectivity index (χ4v) is 11.6. The van der Waals surface area contributed by atoms with E-state index in [2.05, 4.69) is 245 Å². The van der Waals surface area contributed by atoms with Gasteiger partial charge in [-0.3, -0.25) is 0 Å². The van der Waals surface area contributed by atoms with Gasteiger partial charge >= 0.3 is 0 Å². The minimum absolute atomic E-state index is 0.160. The highest BCUT2D eigenvalue weighted by molar-refractivity contribution is 6.07. The van der Waals surface area contributed by atoms with Crippen LogP contribution in [0, 0.1) is 0 Å². The molecule has 12 rings (SSSR count).